The second-order valence-corrected chi connectivity index (χ2v) is 4.76. The molecular weight excluding hydrogens is 307 g/mol. The number of aryl methyl sites for hydroxylation is 1. The van der Waals surface area contributed by atoms with Gasteiger partial charge >= 0.3 is 5.97 Å². The molecule has 88 valence electrons. The zero-order valence-corrected chi connectivity index (χ0v) is 11.2. The number of hydrogen-bond acceptors (Lipinski definition) is 2. The molecule has 0 saturated carbocycles. The fraction of sp³-hybridized carbons (Fsp3) is 0.0909. The highest BCUT2D eigenvalue weighted by Crippen LogP contribution is 2.30. The third-order valence-corrected chi connectivity index (χ3v) is 3.20. The molecule has 0 spiro atoms. The highest BCUT2D eigenvalue weighted by atomic mass is 79.9. The number of carbonyl (C=O) groups is 1. The van der Waals surface area contributed by atoms with E-state index >= 15 is 0 Å². The third-order valence-electron chi connectivity index (χ3n) is 2.31. The summed E-state index contributed by atoms with van der Waals surface area (Å²) in [6, 6.07) is 6.84. The van der Waals surface area contributed by atoms with Crippen molar-refractivity contribution in [3.63, 3.8) is 0 Å². The van der Waals surface area contributed by atoms with Crippen LogP contribution in [0.5, 0.6) is 0 Å². The topological polar surface area (TPSA) is 55.1 Å². The quantitative estimate of drug-likeness (QED) is 0.926. The monoisotopic (exact) mass is 314 g/mol. The lowest BCUT2D eigenvalue weighted by molar-refractivity contribution is 0.0689. The molecule has 2 aromatic rings. The largest absolute Gasteiger partial charge is 0.476 e. The molecule has 1 aromatic carbocycles. The summed E-state index contributed by atoms with van der Waals surface area (Å²) in [4.78, 5) is 10.8. The Kier molecular flexibility index (Phi) is 3.22. The van der Waals surface area contributed by atoms with Crippen LogP contribution < -0.4 is 0 Å². The molecule has 1 N–H and O–H groups in total. The van der Waals surface area contributed by atoms with Gasteiger partial charge in [-0.1, -0.05) is 33.6 Å². The van der Waals surface area contributed by atoms with Crippen molar-refractivity contribution in [1.82, 2.24) is 9.78 Å². The zero-order chi connectivity index (χ0) is 12.6. The Morgan fingerprint density at radius 3 is 2.71 bits per heavy atom. The van der Waals surface area contributed by atoms with Crippen LogP contribution in [0.3, 0.4) is 0 Å². The standard InChI is InChI=1S/C11H8BrClN2O2/c1-15-10(5-9(14-15)11(16)17)7-3-2-6(13)4-8(7)12/h2-5H,1H3,(H,16,17). The first-order chi connectivity index (χ1) is 7.99. The van der Waals surface area contributed by atoms with E-state index in [-0.39, 0.29) is 5.69 Å². The van der Waals surface area contributed by atoms with Gasteiger partial charge in [0.25, 0.3) is 0 Å². The van der Waals surface area contributed by atoms with Crippen molar-refractivity contribution in [2.24, 2.45) is 7.05 Å². The van der Waals surface area contributed by atoms with Crippen molar-refractivity contribution in [1.29, 1.82) is 0 Å². The van der Waals surface area contributed by atoms with Gasteiger partial charge in [-0.15, -0.1) is 0 Å². The SMILES string of the molecule is Cn1nc(C(=O)O)cc1-c1ccc(Cl)cc1Br. The second kappa shape index (κ2) is 4.50. The Morgan fingerprint density at radius 1 is 1.47 bits per heavy atom. The highest BCUT2D eigenvalue weighted by Gasteiger charge is 2.14. The number of halogens is 2. The van der Waals surface area contributed by atoms with Gasteiger partial charge in [0.15, 0.2) is 5.69 Å². The number of carboxylic acids is 1. The molecule has 0 bridgehead atoms. The first kappa shape index (κ1) is 12.1. The molecule has 0 unspecified atom stereocenters. The maximum atomic E-state index is 10.8. The molecule has 0 radical (unpaired) electrons. The van der Waals surface area contributed by atoms with Crippen molar-refractivity contribution in [3.05, 3.63) is 39.5 Å². The van der Waals surface area contributed by atoms with Crippen LogP contribution >= 0.6 is 27.5 Å². The summed E-state index contributed by atoms with van der Waals surface area (Å²) in [5, 5.41) is 13.4. The maximum absolute atomic E-state index is 10.8. The highest BCUT2D eigenvalue weighted by molar-refractivity contribution is 9.10. The Bertz CT molecular complexity index is 595. The van der Waals surface area contributed by atoms with E-state index < -0.39 is 5.97 Å². The molecule has 0 saturated heterocycles. The third kappa shape index (κ3) is 2.35. The first-order valence-corrected chi connectivity index (χ1v) is 5.89. The van der Waals surface area contributed by atoms with E-state index in [1.54, 1.807) is 19.2 Å². The van der Waals surface area contributed by atoms with E-state index in [0.29, 0.717) is 10.7 Å². The van der Waals surface area contributed by atoms with Crippen LogP contribution in [0.15, 0.2) is 28.7 Å². The lowest BCUT2D eigenvalue weighted by Gasteiger charge is -2.04. The van der Waals surface area contributed by atoms with Crippen molar-refractivity contribution in [3.8, 4) is 11.3 Å². The molecule has 0 aliphatic rings. The molecule has 6 heteroatoms. The molecule has 0 aliphatic carbocycles. The number of hydrogen-bond donors (Lipinski definition) is 1. The minimum Gasteiger partial charge on any atom is -0.476 e. The molecule has 0 amide bonds. The van der Waals surface area contributed by atoms with Gasteiger partial charge in [-0.2, -0.15) is 5.10 Å². The van der Waals surface area contributed by atoms with Crippen LogP contribution in [0, 0.1) is 0 Å². The van der Waals surface area contributed by atoms with E-state index in [1.165, 1.54) is 10.7 Å². The number of carboxylic acid groups (broad SMARTS) is 1. The van der Waals surface area contributed by atoms with Gasteiger partial charge in [0.1, 0.15) is 0 Å². The first-order valence-electron chi connectivity index (χ1n) is 4.72. The summed E-state index contributed by atoms with van der Waals surface area (Å²) in [5.74, 6) is -1.04. The number of rotatable bonds is 2. The summed E-state index contributed by atoms with van der Waals surface area (Å²) in [5.41, 5.74) is 1.58. The maximum Gasteiger partial charge on any atom is 0.356 e. The molecule has 2 rings (SSSR count). The van der Waals surface area contributed by atoms with Crippen LogP contribution in [0.4, 0.5) is 0 Å². The van der Waals surface area contributed by atoms with Gasteiger partial charge < -0.3 is 5.11 Å². The Labute approximate surface area is 111 Å². The number of benzene rings is 1. The average molecular weight is 316 g/mol. The number of aromatic carboxylic acids is 1. The van der Waals surface area contributed by atoms with Crippen molar-refractivity contribution in [2.45, 2.75) is 0 Å². The molecule has 0 fully saturated rings. The van der Waals surface area contributed by atoms with Gasteiger partial charge in [0.05, 0.1) is 5.69 Å². The van der Waals surface area contributed by atoms with Gasteiger partial charge in [0.2, 0.25) is 0 Å². The van der Waals surface area contributed by atoms with Gasteiger partial charge in [-0.3, -0.25) is 4.68 Å². The molecule has 17 heavy (non-hydrogen) atoms. The van der Waals surface area contributed by atoms with Gasteiger partial charge in [-0.05, 0) is 18.2 Å². The van der Waals surface area contributed by atoms with Crippen LogP contribution in [0.1, 0.15) is 10.5 Å². The van der Waals surface area contributed by atoms with Crippen molar-refractivity contribution < 1.29 is 9.90 Å². The van der Waals surface area contributed by atoms with E-state index in [9.17, 15) is 4.79 Å². The molecule has 1 aromatic heterocycles. The Morgan fingerprint density at radius 2 is 2.18 bits per heavy atom. The number of aromatic nitrogens is 2. The lowest BCUT2D eigenvalue weighted by Crippen LogP contribution is -1.99. The van der Waals surface area contributed by atoms with E-state index in [0.717, 1.165) is 10.0 Å². The van der Waals surface area contributed by atoms with Crippen molar-refractivity contribution >= 4 is 33.5 Å². The average Bonchev–Trinajstić information content (AvgIpc) is 2.61. The lowest BCUT2D eigenvalue weighted by atomic mass is 10.1. The van der Waals surface area contributed by atoms with Crippen LogP contribution in [0.25, 0.3) is 11.3 Å². The van der Waals surface area contributed by atoms with E-state index in [4.69, 9.17) is 16.7 Å². The molecule has 0 aliphatic heterocycles. The molecule has 0 atom stereocenters. The van der Waals surface area contributed by atoms with Crippen LogP contribution in [-0.4, -0.2) is 20.9 Å². The number of nitrogens with zero attached hydrogens (tertiary/aromatic N) is 2. The van der Waals surface area contributed by atoms with E-state index in [2.05, 4.69) is 21.0 Å². The summed E-state index contributed by atoms with van der Waals surface area (Å²) in [6.45, 7) is 0. The molecular formula is C11H8BrClN2O2. The minimum atomic E-state index is -1.04. The summed E-state index contributed by atoms with van der Waals surface area (Å²) >= 11 is 9.24. The van der Waals surface area contributed by atoms with E-state index in [1.807, 2.05) is 6.07 Å². The molecule has 4 nitrogen and oxygen atoms in total. The predicted molar refractivity (Wildman–Crippen MR) is 68.3 cm³/mol. The normalized spacial score (nSPS) is 10.5. The van der Waals surface area contributed by atoms with Gasteiger partial charge in [0, 0.05) is 22.1 Å². The fourth-order valence-corrected chi connectivity index (χ4v) is 2.41. The van der Waals surface area contributed by atoms with Gasteiger partial charge in [-0.25, -0.2) is 4.79 Å². The molecule has 1 heterocycles. The second-order valence-electron chi connectivity index (χ2n) is 3.47. The summed E-state index contributed by atoms with van der Waals surface area (Å²) in [6.07, 6.45) is 0. The Balaban J connectivity index is 2.56. The predicted octanol–water partition coefficient (Wildman–Crippen LogP) is 3.20. The van der Waals surface area contributed by atoms with Crippen LogP contribution in [-0.2, 0) is 7.05 Å². The minimum absolute atomic E-state index is 0.0179. The van der Waals surface area contributed by atoms with Crippen molar-refractivity contribution in [2.75, 3.05) is 0 Å². The fourth-order valence-electron chi connectivity index (χ4n) is 1.52. The Hall–Kier alpha value is -1.33. The zero-order valence-electron chi connectivity index (χ0n) is 8.82. The summed E-state index contributed by atoms with van der Waals surface area (Å²) in [7, 11) is 1.70. The summed E-state index contributed by atoms with van der Waals surface area (Å²) < 4.78 is 2.32. The smallest absolute Gasteiger partial charge is 0.356 e. The van der Waals surface area contributed by atoms with Crippen LogP contribution in [0.2, 0.25) is 5.02 Å².